The predicted molar refractivity (Wildman–Crippen MR) is 409 cm³/mol. The van der Waals surface area contributed by atoms with Gasteiger partial charge in [0.15, 0.2) is 23.2 Å². The van der Waals surface area contributed by atoms with Gasteiger partial charge in [-0.1, -0.05) is 118 Å². The van der Waals surface area contributed by atoms with Crippen molar-refractivity contribution in [1.82, 2.24) is 29.9 Å². The van der Waals surface area contributed by atoms with E-state index >= 15 is 13.2 Å². The largest absolute Gasteiger partial charge is 0.382 e. The molecule has 0 aliphatic heterocycles. The fourth-order valence-corrected chi connectivity index (χ4v) is 14.8. The van der Waals surface area contributed by atoms with E-state index in [1.54, 1.807) is 71.8 Å². The van der Waals surface area contributed by atoms with Crippen LogP contribution in [0.15, 0.2) is 152 Å². The van der Waals surface area contributed by atoms with Crippen LogP contribution in [0.1, 0.15) is 187 Å². The Bertz CT molecular complexity index is 5010. The Labute approximate surface area is 619 Å². The van der Waals surface area contributed by atoms with E-state index in [1.807, 2.05) is 91.9 Å². The molecule has 548 valence electrons. The molecule has 0 spiro atoms. The average Bonchev–Trinajstić information content (AvgIpc) is 1.60. The van der Waals surface area contributed by atoms with Crippen molar-refractivity contribution in [2.24, 2.45) is 11.8 Å². The van der Waals surface area contributed by atoms with Crippen LogP contribution in [-0.2, 0) is 43.3 Å². The number of hydrogen-bond donors (Lipinski definition) is 4. The van der Waals surface area contributed by atoms with Gasteiger partial charge in [-0.15, -0.1) is 0 Å². The highest BCUT2D eigenvalue weighted by Gasteiger charge is 2.37. The lowest BCUT2D eigenvalue weighted by Gasteiger charge is -2.34. The zero-order chi connectivity index (χ0) is 74.4. The lowest BCUT2D eigenvalue weighted by molar-refractivity contribution is -0.119. The Morgan fingerprint density at radius 2 is 0.849 bits per heavy atom. The number of H-pyrrole nitrogens is 3. The SMILES string of the molecule is CCC(=O)c1cnc(CC(=O)C2CC2)c2[nH]c(-c3cccc(C4CC(OC)C4)c3F)cc12.CCC(=O)c1cnc(N(Cc2ccccc2)Cc2ccccc2)c2[nH]c(-c3cccc(C4CC(OC)C4)c3F)cc12.CCC(=O)c1cnc(N)c2[nH]c(-c3cccc(C4CC(OC)C4)c3F)cc12.O=C(Cl)C1CC1. The van der Waals surface area contributed by atoms with E-state index in [1.165, 1.54) is 6.20 Å². The summed E-state index contributed by atoms with van der Waals surface area (Å²) in [4.78, 5) is 85.7. The van der Waals surface area contributed by atoms with Gasteiger partial charge in [-0.25, -0.2) is 23.1 Å². The third-order valence-electron chi connectivity index (χ3n) is 21.5. The topological polar surface area (TPSA) is 228 Å². The van der Waals surface area contributed by atoms with Gasteiger partial charge < -0.3 is 39.8 Å². The van der Waals surface area contributed by atoms with Gasteiger partial charge in [0.05, 0.1) is 47.0 Å². The molecule has 20 heteroatoms. The lowest BCUT2D eigenvalue weighted by atomic mass is 9.77. The maximum atomic E-state index is 16.0. The maximum Gasteiger partial charge on any atom is 0.224 e. The number of ether oxygens (including phenoxy) is 3. The number of aromatic amines is 3. The molecule has 6 aromatic heterocycles. The molecule has 16 nitrogen and oxygen atoms in total. The van der Waals surface area contributed by atoms with Gasteiger partial charge >= 0.3 is 0 Å². The van der Waals surface area contributed by atoms with Gasteiger partial charge in [0, 0.05) is 151 Å². The van der Waals surface area contributed by atoms with Gasteiger partial charge in [-0.05, 0) is 158 Å². The smallest absolute Gasteiger partial charge is 0.224 e. The number of benzene rings is 5. The fourth-order valence-electron chi connectivity index (χ4n) is 14.6. The fraction of sp³-hybridized carbons (Fsp3) is 0.349. The van der Waals surface area contributed by atoms with Crippen molar-refractivity contribution < 1.29 is 51.4 Å². The van der Waals surface area contributed by atoms with Crippen LogP contribution in [0.2, 0.25) is 0 Å². The summed E-state index contributed by atoms with van der Waals surface area (Å²) >= 11 is 5.04. The molecule has 0 amide bonds. The highest BCUT2D eigenvalue weighted by molar-refractivity contribution is 6.64. The van der Waals surface area contributed by atoms with Crippen molar-refractivity contribution in [3.05, 3.63) is 220 Å². The third-order valence-corrected chi connectivity index (χ3v) is 21.8. The molecular weight excluding hydrogens is 1370 g/mol. The van der Waals surface area contributed by atoms with Crippen LogP contribution in [0.3, 0.4) is 0 Å². The summed E-state index contributed by atoms with van der Waals surface area (Å²) < 4.78 is 62.9. The Kier molecular flexibility index (Phi) is 23.0. The van der Waals surface area contributed by atoms with E-state index < -0.39 is 0 Å². The molecule has 5 saturated carbocycles. The second-order valence-corrected chi connectivity index (χ2v) is 28.8. The summed E-state index contributed by atoms with van der Waals surface area (Å²) in [7, 11) is 5.08. The van der Waals surface area contributed by atoms with E-state index in [2.05, 4.69) is 54.1 Å². The molecule has 0 radical (unpaired) electrons. The first-order valence-corrected chi connectivity index (χ1v) is 37.1. The predicted octanol–water partition coefficient (Wildman–Crippen LogP) is 19.0. The number of fused-ring (bicyclic) bond motifs is 3. The first-order chi connectivity index (χ1) is 51.4. The third kappa shape index (κ3) is 16.1. The first kappa shape index (κ1) is 74.4. The highest BCUT2D eigenvalue weighted by atomic mass is 35.5. The summed E-state index contributed by atoms with van der Waals surface area (Å²) in [6.07, 6.45) is 15.5. The first-order valence-electron chi connectivity index (χ1n) is 36.8. The van der Waals surface area contributed by atoms with Crippen molar-refractivity contribution in [1.29, 1.82) is 0 Å². The molecule has 11 aromatic rings. The molecule has 106 heavy (non-hydrogen) atoms. The van der Waals surface area contributed by atoms with Crippen LogP contribution < -0.4 is 10.6 Å². The number of anilines is 2. The summed E-state index contributed by atoms with van der Waals surface area (Å²) in [5.74, 6) is 1.27. The molecule has 0 saturated heterocycles. The minimum absolute atomic E-state index is 0.00608. The molecule has 0 atom stereocenters. The highest BCUT2D eigenvalue weighted by Crippen LogP contribution is 2.46. The zero-order valence-electron chi connectivity index (χ0n) is 60.5. The van der Waals surface area contributed by atoms with E-state index in [0.717, 1.165) is 92.1 Å². The number of hydrogen-bond acceptors (Lipinski definition) is 13. The molecule has 5 aromatic carbocycles. The number of nitrogens with one attached hydrogen (secondary N) is 3. The number of Topliss-reactive ketones (excluding diaryl/α,β-unsaturated/α-hetero) is 4. The standard InChI is InChI=1S/C35H34FN3O2.C26H27FN2O3.C21H22FN3O2.C4H5ClO/c1-3-32(40)30-20-37-35(39(21-23-11-6-4-7-12-23)22-24-13-8-5-9-14-24)34-29(30)19-31(38-34)28-16-10-15-27(33(28)36)25-17-26(18-25)41-2;1-3-23(30)20-13-28-22(12-24(31)14-7-8-14)26-19(20)11-21(29-26)18-6-4-5-17(25(18)27)15-9-16(10-15)32-2;1-3-18(26)16-10-24-21(23)20-15(16)9-17(25-20)14-6-4-5-13(19(14)22)11-7-12(8-11)27-2;5-4(6)3-1-2-3/h4-16,19-20,25-26,38H,3,17-18,21-22H2,1-2H3;4-6,11,13-16,29H,3,7-10,12H2,1-2H3;4-6,9-12,25H,3,7-8H2,1-2H3,(H2,23,24);3H,1-2H2. The van der Waals surface area contributed by atoms with Crippen molar-refractivity contribution in [3.8, 4) is 33.8 Å². The number of nitrogen functional groups attached to an aromatic ring is 1. The number of carbonyl (C=O) groups is 5. The molecule has 0 bridgehead atoms. The normalized spacial score (nSPS) is 18.6. The van der Waals surface area contributed by atoms with Crippen molar-refractivity contribution in [3.63, 3.8) is 0 Å². The van der Waals surface area contributed by atoms with Gasteiger partial charge in [-0.3, -0.25) is 29.0 Å². The number of rotatable bonds is 24. The quantitative estimate of drug-likeness (QED) is 0.0326. The molecule has 5 fully saturated rings. The summed E-state index contributed by atoms with van der Waals surface area (Å²) in [6.45, 7) is 6.70. The number of nitrogens with zero attached hydrogens (tertiary/aromatic N) is 4. The van der Waals surface area contributed by atoms with Crippen molar-refractivity contribution >= 4 is 84.3 Å². The lowest BCUT2D eigenvalue weighted by Crippen LogP contribution is -2.29. The number of pyridine rings is 3. The monoisotopic (exact) mass is 1450 g/mol. The number of carbonyl (C=O) groups excluding carboxylic acids is 5. The van der Waals surface area contributed by atoms with E-state index in [4.69, 9.17) is 36.5 Å². The Morgan fingerprint density at radius 3 is 1.23 bits per heavy atom. The van der Waals surface area contributed by atoms with Gasteiger partial charge in [0.2, 0.25) is 5.24 Å². The van der Waals surface area contributed by atoms with Crippen LogP contribution in [0.25, 0.3) is 66.5 Å². The van der Waals surface area contributed by atoms with Crippen LogP contribution >= 0.6 is 11.6 Å². The Hall–Kier alpha value is -9.92. The summed E-state index contributed by atoms with van der Waals surface area (Å²) in [5, 5.41) is 1.98. The molecule has 5 N–H and O–H groups in total. The Balaban J connectivity index is 0.000000138. The zero-order valence-corrected chi connectivity index (χ0v) is 61.3. The molecule has 5 aliphatic rings. The van der Waals surface area contributed by atoms with Crippen LogP contribution in [0.4, 0.5) is 24.8 Å². The van der Waals surface area contributed by atoms with Gasteiger partial charge in [0.25, 0.3) is 0 Å². The molecule has 0 unspecified atom stereocenters. The van der Waals surface area contributed by atoms with Crippen LogP contribution in [0.5, 0.6) is 0 Å². The van der Waals surface area contributed by atoms with Crippen LogP contribution in [-0.4, -0.2) is 97.9 Å². The Morgan fingerprint density at radius 1 is 0.481 bits per heavy atom. The van der Waals surface area contributed by atoms with E-state index in [9.17, 15) is 24.0 Å². The molecule has 6 heterocycles. The number of methoxy groups -OCH3 is 3. The average molecular weight is 1450 g/mol. The number of nitrogens with two attached hydrogens (primary N) is 1. The van der Waals surface area contributed by atoms with Crippen molar-refractivity contribution in [2.75, 3.05) is 32.0 Å². The number of ketones is 4. The molecule has 5 aliphatic carbocycles. The van der Waals surface area contributed by atoms with E-state index in [0.29, 0.717) is 133 Å². The second kappa shape index (κ2) is 32.8. The molecular formula is C86H88ClF3N8O8. The number of aromatic nitrogens is 6. The van der Waals surface area contributed by atoms with Gasteiger partial charge in [0.1, 0.15) is 29.1 Å². The minimum atomic E-state index is -0.245. The van der Waals surface area contributed by atoms with E-state index in [-0.39, 0.29) is 100 Å². The number of halogens is 4. The molecule has 16 rings (SSSR count). The van der Waals surface area contributed by atoms with Crippen LogP contribution in [0, 0.1) is 29.3 Å². The second-order valence-electron chi connectivity index (χ2n) is 28.4. The van der Waals surface area contributed by atoms with Gasteiger partial charge in [-0.2, -0.15) is 0 Å². The maximum absolute atomic E-state index is 16.0. The summed E-state index contributed by atoms with van der Waals surface area (Å²) in [6, 6.07) is 42.5. The summed E-state index contributed by atoms with van der Waals surface area (Å²) in [5.41, 5.74) is 17.8. The van der Waals surface area contributed by atoms with Crippen molar-refractivity contribution in [2.45, 2.75) is 160 Å². The minimum Gasteiger partial charge on any atom is -0.382 e.